The summed E-state index contributed by atoms with van der Waals surface area (Å²) in [5, 5.41) is 0. The lowest BCUT2D eigenvalue weighted by Crippen LogP contribution is -2.52. The molecule has 116 valence electrons. The lowest BCUT2D eigenvalue weighted by atomic mass is 9.46. The number of carbonyl (C=O) groups excluding carboxylic acids is 1. The van der Waals surface area contributed by atoms with Crippen LogP contribution < -0.4 is 0 Å². The van der Waals surface area contributed by atoms with Gasteiger partial charge >= 0.3 is 0 Å². The zero-order valence-corrected chi connectivity index (χ0v) is 14.0. The number of Topliss-reactive ketones (excluding diaryl/α,β-unsaturated/α-hetero) is 1. The van der Waals surface area contributed by atoms with Crippen LogP contribution in [0.1, 0.15) is 72.1 Å². The number of carbonyl (C=O) groups is 1. The Balaban J connectivity index is 1.67. The van der Waals surface area contributed by atoms with Crippen LogP contribution in [0.5, 0.6) is 0 Å². The van der Waals surface area contributed by atoms with Gasteiger partial charge in [0.25, 0.3) is 0 Å². The molecule has 0 heterocycles. The van der Waals surface area contributed by atoms with E-state index in [1.165, 1.54) is 44.9 Å². The number of hydrogen-bond donors (Lipinski definition) is 0. The molecule has 4 aliphatic rings. The van der Waals surface area contributed by atoms with Gasteiger partial charge in [0, 0.05) is 11.8 Å². The summed E-state index contributed by atoms with van der Waals surface area (Å²) in [5.41, 5.74) is 2.19. The van der Waals surface area contributed by atoms with Crippen LogP contribution in [0, 0.1) is 34.5 Å². The van der Waals surface area contributed by atoms with Gasteiger partial charge < -0.3 is 0 Å². The zero-order valence-electron chi connectivity index (χ0n) is 14.0. The molecular formula is C20H30O. The zero-order chi connectivity index (χ0) is 14.8. The first-order valence-corrected chi connectivity index (χ1v) is 9.16. The largest absolute Gasteiger partial charge is 0.299 e. The van der Waals surface area contributed by atoms with Crippen molar-refractivity contribution in [3.8, 4) is 0 Å². The molecule has 4 aliphatic carbocycles. The monoisotopic (exact) mass is 286 g/mol. The smallest absolute Gasteiger partial charge is 0.139 e. The Kier molecular flexibility index (Phi) is 2.98. The van der Waals surface area contributed by atoms with Crippen molar-refractivity contribution in [2.24, 2.45) is 34.5 Å². The van der Waals surface area contributed by atoms with Gasteiger partial charge in [-0.2, -0.15) is 0 Å². The average molecular weight is 286 g/mol. The molecule has 3 saturated carbocycles. The molecular weight excluding hydrogens is 256 g/mol. The summed E-state index contributed by atoms with van der Waals surface area (Å²) >= 11 is 0. The molecule has 6 atom stereocenters. The molecule has 0 amide bonds. The summed E-state index contributed by atoms with van der Waals surface area (Å²) < 4.78 is 0. The molecule has 0 spiro atoms. The highest BCUT2D eigenvalue weighted by Gasteiger charge is 2.59. The molecule has 0 bridgehead atoms. The van der Waals surface area contributed by atoms with Crippen LogP contribution in [0.2, 0.25) is 0 Å². The minimum Gasteiger partial charge on any atom is -0.299 e. The maximum absolute atomic E-state index is 12.4. The van der Waals surface area contributed by atoms with Crippen LogP contribution in [0.15, 0.2) is 11.6 Å². The van der Waals surface area contributed by atoms with Crippen molar-refractivity contribution >= 4 is 5.78 Å². The van der Waals surface area contributed by atoms with Crippen LogP contribution in [0.4, 0.5) is 0 Å². The van der Waals surface area contributed by atoms with Crippen LogP contribution in [-0.2, 0) is 4.79 Å². The van der Waals surface area contributed by atoms with Crippen molar-refractivity contribution in [2.45, 2.75) is 72.1 Å². The summed E-state index contributed by atoms with van der Waals surface area (Å²) in [4.78, 5) is 12.4. The first-order chi connectivity index (χ1) is 9.95. The lowest BCUT2D eigenvalue weighted by molar-refractivity contribution is -0.135. The fourth-order valence-corrected chi connectivity index (χ4v) is 6.79. The molecule has 21 heavy (non-hydrogen) atoms. The standard InChI is InChI=1S/C20H30O/c1-13-8-10-19(2)14(12-13)4-5-15-16-6-7-18(21)20(16,3)11-9-17(15)19/h12,14-17H,4-11H2,1-3H3/t14?,15?,16?,17?,19-,20-/m1/s1. The average Bonchev–Trinajstić information content (AvgIpc) is 2.76. The first-order valence-electron chi connectivity index (χ1n) is 9.16. The summed E-state index contributed by atoms with van der Waals surface area (Å²) in [6.45, 7) is 7.19. The Morgan fingerprint density at radius 1 is 1.00 bits per heavy atom. The number of hydrogen-bond acceptors (Lipinski definition) is 1. The second kappa shape index (κ2) is 4.46. The molecule has 0 aliphatic heterocycles. The summed E-state index contributed by atoms with van der Waals surface area (Å²) in [7, 11) is 0. The fourth-order valence-electron chi connectivity index (χ4n) is 6.79. The normalized spacial score (nSPS) is 52.7. The fraction of sp³-hybridized carbons (Fsp3) is 0.850. The highest BCUT2D eigenvalue weighted by atomic mass is 16.1. The van der Waals surface area contributed by atoms with E-state index >= 15 is 0 Å². The summed E-state index contributed by atoms with van der Waals surface area (Å²) in [6.07, 6.45) is 12.6. The molecule has 4 unspecified atom stereocenters. The minimum atomic E-state index is 0.0464. The molecule has 3 fully saturated rings. The third kappa shape index (κ3) is 1.79. The maximum Gasteiger partial charge on any atom is 0.139 e. The maximum atomic E-state index is 12.4. The van der Waals surface area contributed by atoms with Gasteiger partial charge in [0.2, 0.25) is 0 Å². The Morgan fingerprint density at radius 2 is 1.81 bits per heavy atom. The highest BCUT2D eigenvalue weighted by molar-refractivity contribution is 5.87. The number of ketones is 1. The predicted molar refractivity (Wildman–Crippen MR) is 85.9 cm³/mol. The van der Waals surface area contributed by atoms with Crippen LogP contribution in [-0.4, -0.2) is 5.78 Å². The van der Waals surface area contributed by atoms with Gasteiger partial charge in [-0.1, -0.05) is 25.5 Å². The van der Waals surface area contributed by atoms with E-state index in [2.05, 4.69) is 26.8 Å². The van der Waals surface area contributed by atoms with Crippen molar-refractivity contribution in [1.29, 1.82) is 0 Å². The van der Waals surface area contributed by atoms with Crippen molar-refractivity contribution in [3.63, 3.8) is 0 Å². The van der Waals surface area contributed by atoms with Gasteiger partial charge in [0.15, 0.2) is 0 Å². The SMILES string of the molecule is CC1=CC2CCC3C(CC[C@@]4(C)C(=O)CCC34)[C@]2(C)CC1. The Bertz CT molecular complexity index is 504. The lowest BCUT2D eigenvalue weighted by Gasteiger charge is -2.58. The first kappa shape index (κ1) is 14.0. The Morgan fingerprint density at radius 3 is 2.62 bits per heavy atom. The van der Waals surface area contributed by atoms with E-state index < -0.39 is 0 Å². The van der Waals surface area contributed by atoms with E-state index in [9.17, 15) is 4.79 Å². The van der Waals surface area contributed by atoms with Crippen molar-refractivity contribution in [2.75, 3.05) is 0 Å². The van der Waals surface area contributed by atoms with Crippen molar-refractivity contribution in [3.05, 3.63) is 11.6 Å². The predicted octanol–water partition coefficient (Wildman–Crippen LogP) is 5.15. The van der Waals surface area contributed by atoms with E-state index in [-0.39, 0.29) is 5.41 Å². The third-order valence-electron chi connectivity index (χ3n) is 8.19. The number of rotatable bonds is 0. The molecule has 0 radical (unpaired) electrons. The topological polar surface area (TPSA) is 17.1 Å². The number of allylic oxidation sites excluding steroid dienone is 2. The van der Waals surface area contributed by atoms with E-state index in [0.29, 0.717) is 17.1 Å². The highest BCUT2D eigenvalue weighted by Crippen LogP contribution is 2.64. The quantitative estimate of drug-likeness (QED) is 0.562. The van der Waals surface area contributed by atoms with Gasteiger partial charge in [-0.05, 0) is 81.0 Å². The molecule has 4 rings (SSSR count). The van der Waals surface area contributed by atoms with Crippen molar-refractivity contribution in [1.82, 2.24) is 0 Å². The molecule has 0 saturated heterocycles. The second-order valence-electron chi connectivity index (χ2n) is 9.00. The summed E-state index contributed by atoms with van der Waals surface area (Å²) in [6, 6.07) is 0. The molecule has 1 heteroatoms. The summed E-state index contributed by atoms with van der Waals surface area (Å²) in [5.74, 6) is 3.81. The van der Waals surface area contributed by atoms with E-state index in [0.717, 1.165) is 24.2 Å². The van der Waals surface area contributed by atoms with Crippen LogP contribution >= 0.6 is 0 Å². The molecule has 0 aromatic carbocycles. The molecule has 1 nitrogen and oxygen atoms in total. The van der Waals surface area contributed by atoms with Crippen molar-refractivity contribution < 1.29 is 4.79 Å². The minimum absolute atomic E-state index is 0.0464. The third-order valence-corrected chi connectivity index (χ3v) is 8.19. The molecule has 0 aromatic heterocycles. The number of fused-ring (bicyclic) bond motifs is 5. The van der Waals surface area contributed by atoms with Gasteiger partial charge in [0.1, 0.15) is 5.78 Å². The van der Waals surface area contributed by atoms with Crippen LogP contribution in [0.25, 0.3) is 0 Å². The second-order valence-corrected chi connectivity index (χ2v) is 9.00. The van der Waals surface area contributed by atoms with E-state index in [1.54, 1.807) is 5.57 Å². The Labute approximate surface area is 129 Å². The van der Waals surface area contributed by atoms with Gasteiger partial charge in [-0.15, -0.1) is 0 Å². The van der Waals surface area contributed by atoms with E-state index in [1.807, 2.05) is 0 Å². The van der Waals surface area contributed by atoms with Gasteiger partial charge in [-0.3, -0.25) is 4.79 Å². The van der Waals surface area contributed by atoms with E-state index in [4.69, 9.17) is 0 Å². The van der Waals surface area contributed by atoms with Gasteiger partial charge in [0.05, 0.1) is 0 Å². The molecule has 0 N–H and O–H groups in total. The Hall–Kier alpha value is -0.590. The van der Waals surface area contributed by atoms with Gasteiger partial charge in [-0.25, -0.2) is 0 Å². The van der Waals surface area contributed by atoms with Crippen LogP contribution in [0.3, 0.4) is 0 Å². The molecule has 0 aromatic rings.